The number of nitrogens with zero attached hydrogens (tertiary/aromatic N) is 4. The van der Waals surface area contributed by atoms with E-state index in [9.17, 15) is 29.5 Å². The summed E-state index contributed by atoms with van der Waals surface area (Å²) in [5.74, 6) is -2.57. The van der Waals surface area contributed by atoms with Crippen molar-refractivity contribution in [3.63, 3.8) is 0 Å². The van der Waals surface area contributed by atoms with Crippen molar-refractivity contribution in [1.29, 1.82) is 0 Å². The third kappa shape index (κ3) is 4.98. The molecule has 0 radical (unpaired) electrons. The van der Waals surface area contributed by atoms with Crippen molar-refractivity contribution in [1.82, 2.24) is 25.4 Å². The van der Waals surface area contributed by atoms with E-state index in [1.807, 2.05) is 4.90 Å². The van der Waals surface area contributed by atoms with Gasteiger partial charge in [0.05, 0.1) is 0 Å². The highest BCUT2D eigenvalue weighted by atomic mass is 35.5. The molecule has 1 aromatic rings. The second kappa shape index (κ2) is 11.3. The molecule has 0 aromatic carbocycles. The Hall–Kier alpha value is -3.14. The number of anilines is 1. The number of carbonyl (C=O) groups is 4. The van der Waals surface area contributed by atoms with Crippen LogP contribution in [-0.2, 0) is 19.2 Å². The number of carboxylic acids is 1. The van der Waals surface area contributed by atoms with Gasteiger partial charge < -0.3 is 31.6 Å². The molecule has 204 valence electrons. The summed E-state index contributed by atoms with van der Waals surface area (Å²) < 4.78 is 0. The number of thiazole rings is 1. The topological polar surface area (TPSA) is 191 Å². The summed E-state index contributed by atoms with van der Waals surface area (Å²) in [7, 11) is 0. The predicted octanol–water partition coefficient (Wildman–Crippen LogP) is -0.0253. The van der Waals surface area contributed by atoms with Crippen LogP contribution in [0.2, 0.25) is 0 Å². The first-order valence-corrected chi connectivity index (χ1v) is 13.6. The zero-order valence-corrected chi connectivity index (χ0v) is 22.4. The summed E-state index contributed by atoms with van der Waals surface area (Å²) >= 11 is 2.34. The van der Waals surface area contributed by atoms with E-state index in [2.05, 4.69) is 20.8 Å². The minimum absolute atomic E-state index is 0. The monoisotopic (exact) mass is 583 g/mol. The van der Waals surface area contributed by atoms with Gasteiger partial charge in [-0.25, -0.2) is 9.78 Å². The first-order chi connectivity index (χ1) is 17.8. The molecule has 38 heavy (non-hydrogen) atoms. The summed E-state index contributed by atoms with van der Waals surface area (Å²) in [6.07, 6.45) is 3.89. The fourth-order valence-corrected chi connectivity index (χ4v) is 6.87. The van der Waals surface area contributed by atoms with Gasteiger partial charge in [0.15, 0.2) is 10.8 Å². The summed E-state index contributed by atoms with van der Waals surface area (Å²) in [6, 6.07) is -0.843. The van der Waals surface area contributed by atoms with Crippen molar-refractivity contribution in [2.75, 3.05) is 31.1 Å². The number of oxime groups is 1. The van der Waals surface area contributed by atoms with Gasteiger partial charge >= 0.3 is 5.97 Å². The van der Waals surface area contributed by atoms with E-state index in [0.29, 0.717) is 24.1 Å². The number of thioether (sulfide) groups is 1. The third-order valence-corrected chi connectivity index (χ3v) is 8.80. The van der Waals surface area contributed by atoms with Crippen LogP contribution in [0.25, 0.3) is 0 Å². The second-order valence-corrected chi connectivity index (χ2v) is 11.0. The summed E-state index contributed by atoms with van der Waals surface area (Å²) in [6.45, 7) is 2.31. The number of carboxylic acid groups (broad SMARTS) is 1. The lowest BCUT2D eigenvalue weighted by atomic mass is 10.0. The number of nitrogen functional groups attached to an aromatic ring is 1. The molecule has 0 aliphatic carbocycles. The quantitative estimate of drug-likeness (QED) is 0.0999. The van der Waals surface area contributed by atoms with Crippen LogP contribution >= 0.6 is 35.5 Å². The normalized spacial score (nSPS) is 25.3. The van der Waals surface area contributed by atoms with Crippen molar-refractivity contribution >= 4 is 70.0 Å². The molecule has 3 amide bonds. The molecule has 2 atom stereocenters. The molecule has 3 fully saturated rings. The Bertz CT molecular complexity index is 1260. The number of hydrogen-bond donors (Lipinski definition) is 5. The molecule has 1 aromatic heterocycles. The first kappa shape index (κ1) is 27.9. The van der Waals surface area contributed by atoms with E-state index >= 15 is 0 Å². The lowest BCUT2D eigenvalue weighted by Crippen LogP contribution is -2.71. The number of piperidine rings is 1. The zero-order valence-electron chi connectivity index (χ0n) is 20.0. The Morgan fingerprint density at radius 3 is 2.66 bits per heavy atom. The number of amides is 3. The molecular formula is C22H26ClN7O6S2. The van der Waals surface area contributed by atoms with Crippen LogP contribution in [0.5, 0.6) is 0 Å². The van der Waals surface area contributed by atoms with Crippen LogP contribution in [0.15, 0.2) is 33.5 Å². The molecule has 6 N–H and O–H groups in total. The number of rotatable bonds is 6. The van der Waals surface area contributed by atoms with Crippen molar-refractivity contribution in [2.45, 2.75) is 36.7 Å². The van der Waals surface area contributed by atoms with Gasteiger partial charge in [-0.05, 0) is 44.0 Å². The zero-order chi connectivity index (χ0) is 26.3. The maximum absolute atomic E-state index is 13.1. The molecule has 3 saturated heterocycles. The number of halogens is 1. The maximum atomic E-state index is 13.1. The number of aliphatic carboxylic acids is 1. The molecule has 4 aliphatic rings. The van der Waals surface area contributed by atoms with Crippen LogP contribution in [-0.4, -0.2) is 97.3 Å². The number of allylic oxidation sites excluding steroid dienone is 1. The van der Waals surface area contributed by atoms with E-state index in [-0.39, 0.29) is 46.6 Å². The van der Waals surface area contributed by atoms with Gasteiger partial charge in [0, 0.05) is 29.3 Å². The number of likely N-dealkylation sites (tertiary alicyclic amines) is 1. The Morgan fingerprint density at radius 1 is 1.29 bits per heavy atom. The Balaban J connectivity index is 0.00000336. The Kier molecular flexibility index (Phi) is 8.30. The minimum Gasteiger partial charge on any atom is -0.477 e. The SMILES string of the molecule is Cl.Nc1nc(/C(=N/O)C(=O)N[C@@H]2C(=O)N3C(C(=O)O)=C(/C=C4\CCN(C5CCNCC5)C4=O)CS[C@H]23)cs1. The summed E-state index contributed by atoms with van der Waals surface area (Å²) in [4.78, 5) is 57.8. The number of carbonyl (C=O) groups excluding carboxylic acids is 3. The number of aromatic nitrogens is 1. The number of fused-ring (bicyclic) bond motifs is 1. The highest BCUT2D eigenvalue weighted by Gasteiger charge is 2.54. The van der Waals surface area contributed by atoms with Gasteiger partial charge in [-0.3, -0.25) is 19.3 Å². The largest absolute Gasteiger partial charge is 0.477 e. The van der Waals surface area contributed by atoms with E-state index in [1.54, 1.807) is 6.08 Å². The van der Waals surface area contributed by atoms with Gasteiger partial charge in [0.2, 0.25) is 5.91 Å². The van der Waals surface area contributed by atoms with Crippen LogP contribution < -0.4 is 16.4 Å². The van der Waals surface area contributed by atoms with Gasteiger partial charge in [-0.2, -0.15) is 0 Å². The number of nitrogens with one attached hydrogen (secondary N) is 2. The van der Waals surface area contributed by atoms with E-state index < -0.39 is 34.9 Å². The van der Waals surface area contributed by atoms with Gasteiger partial charge in [-0.1, -0.05) is 5.16 Å². The van der Waals surface area contributed by atoms with Gasteiger partial charge in [0.25, 0.3) is 11.8 Å². The van der Waals surface area contributed by atoms with Crippen LogP contribution in [0.4, 0.5) is 5.13 Å². The highest BCUT2D eigenvalue weighted by Crippen LogP contribution is 2.41. The molecule has 13 nitrogen and oxygen atoms in total. The Morgan fingerprint density at radius 2 is 2.03 bits per heavy atom. The lowest BCUT2D eigenvalue weighted by Gasteiger charge is -2.49. The first-order valence-electron chi connectivity index (χ1n) is 11.7. The summed E-state index contributed by atoms with van der Waals surface area (Å²) in [5.41, 5.74) is 5.96. The third-order valence-electron chi connectivity index (χ3n) is 6.82. The highest BCUT2D eigenvalue weighted by molar-refractivity contribution is 8.00. The van der Waals surface area contributed by atoms with Gasteiger partial charge in [0.1, 0.15) is 22.8 Å². The fraction of sp³-hybridized carbons (Fsp3) is 0.455. The van der Waals surface area contributed by atoms with Crippen molar-refractivity contribution in [3.8, 4) is 0 Å². The average molecular weight is 584 g/mol. The molecule has 0 spiro atoms. The molecule has 4 aliphatic heterocycles. The van der Waals surface area contributed by atoms with Crippen LogP contribution in [0.1, 0.15) is 25.0 Å². The molecule has 5 rings (SSSR count). The Labute approximate surface area is 231 Å². The molecule has 0 bridgehead atoms. The van der Waals surface area contributed by atoms with Crippen molar-refractivity contribution < 1.29 is 29.5 Å². The molecule has 0 unspecified atom stereocenters. The summed E-state index contributed by atoms with van der Waals surface area (Å²) in [5, 5.41) is 29.0. The van der Waals surface area contributed by atoms with Crippen molar-refractivity contribution in [2.24, 2.45) is 5.16 Å². The van der Waals surface area contributed by atoms with E-state index in [1.165, 1.54) is 17.1 Å². The molecular weight excluding hydrogens is 558 g/mol. The van der Waals surface area contributed by atoms with E-state index in [0.717, 1.165) is 42.2 Å². The minimum atomic E-state index is -1.29. The van der Waals surface area contributed by atoms with Gasteiger partial charge in [-0.15, -0.1) is 35.5 Å². The van der Waals surface area contributed by atoms with Crippen molar-refractivity contribution in [3.05, 3.63) is 34.0 Å². The smallest absolute Gasteiger partial charge is 0.352 e. The van der Waals surface area contributed by atoms with Crippen LogP contribution in [0, 0.1) is 0 Å². The standard InChI is InChI=1S/C22H25N7O6S2.ClH/c23-22-25-13(9-37-22)14(27-35)17(30)26-15-19(32)29-16(21(33)34)11(8-36-20(15)29)7-10-3-6-28(18(10)31)12-1-4-24-5-2-12;/h7,9,12,15,20,24,35H,1-6,8H2,(H2,23,25)(H,26,30)(H,33,34);1H/b10-7+,27-14-;/t15-,20-;/m1./s1. The number of hydrogen-bond acceptors (Lipinski definition) is 11. The molecule has 0 saturated carbocycles. The van der Waals surface area contributed by atoms with Crippen LogP contribution in [0.3, 0.4) is 0 Å². The lowest BCUT2D eigenvalue weighted by molar-refractivity contribution is -0.150. The average Bonchev–Trinajstić information content (AvgIpc) is 3.48. The predicted molar refractivity (Wildman–Crippen MR) is 142 cm³/mol. The second-order valence-electron chi connectivity index (χ2n) is 8.96. The maximum Gasteiger partial charge on any atom is 0.352 e. The molecule has 16 heteroatoms. The number of β-lactam (4-membered cyclic amide) rings is 1. The number of nitrogens with two attached hydrogens (primary N) is 1. The molecule has 5 heterocycles. The van der Waals surface area contributed by atoms with E-state index in [4.69, 9.17) is 5.73 Å². The fourth-order valence-electron chi connectivity index (χ4n) is 5.02.